The third-order valence-corrected chi connectivity index (χ3v) is 8.73. The molecule has 0 saturated carbocycles. The number of sulfonamides is 1. The van der Waals surface area contributed by atoms with Gasteiger partial charge in [0.15, 0.2) is 16.4 Å². The molecule has 3 rings (SSSR count). The molecule has 11 heteroatoms. The number of hydrogen-bond acceptors (Lipinski definition) is 7. The van der Waals surface area contributed by atoms with Gasteiger partial charge in [-0.15, -0.1) is 0 Å². The quantitative estimate of drug-likeness (QED) is 0.584. The highest BCUT2D eigenvalue weighted by Crippen LogP contribution is 2.25. The van der Waals surface area contributed by atoms with Gasteiger partial charge in [0.05, 0.1) is 28.5 Å². The van der Waals surface area contributed by atoms with E-state index >= 15 is 0 Å². The van der Waals surface area contributed by atoms with Gasteiger partial charge in [0.1, 0.15) is 0 Å². The van der Waals surface area contributed by atoms with Crippen molar-refractivity contribution in [2.24, 2.45) is 0 Å². The molecule has 29 heavy (non-hydrogen) atoms. The van der Waals surface area contributed by atoms with Gasteiger partial charge in [-0.3, -0.25) is 9.10 Å². The fourth-order valence-electron chi connectivity index (χ4n) is 3.67. The Kier molecular flexibility index (Phi) is 6.18. The van der Waals surface area contributed by atoms with E-state index in [1.54, 1.807) is 19.1 Å². The van der Waals surface area contributed by atoms with Crippen LogP contribution < -0.4 is 4.31 Å². The average molecular weight is 445 g/mol. The Morgan fingerprint density at radius 1 is 1.21 bits per heavy atom. The number of rotatable bonds is 6. The maximum atomic E-state index is 12.4. The topological polar surface area (TPSA) is 118 Å². The van der Waals surface area contributed by atoms with E-state index in [4.69, 9.17) is 4.74 Å². The van der Waals surface area contributed by atoms with Gasteiger partial charge < -0.3 is 9.64 Å². The lowest BCUT2D eigenvalue weighted by Gasteiger charge is -2.26. The molecule has 160 valence electrons. The molecule has 0 spiro atoms. The Morgan fingerprint density at radius 3 is 2.55 bits per heavy atom. The molecular formula is C18H24N2O7S2. The van der Waals surface area contributed by atoms with Crippen molar-refractivity contribution in [3.8, 4) is 0 Å². The average Bonchev–Trinajstić information content (AvgIpc) is 3.21. The molecule has 2 heterocycles. The number of carbonyl (C=O) groups excluding carboxylic acids is 2. The van der Waals surface area contributed by atoms with E-state index in [0.29, 0.717) is 31.6 Å². The monoisotopic (exact) mass is 444 g/mol. The van der Waals surface area contributed by atoms with Crippen molar-refractivity contribution in [1.82, 2.24) is 4.90 Å². The Labute approximate surface area is 170 Å². The molecule has 1 amide bonds. The molecule has 1 aromatic rings. The predicted molar refractivity (Wildman–Crippen MR) is 107 cm³/mol. The molecule has 0 radical (unpaired) electrons. The standard InChI is InChI=1S/C18H24N2O7S2/c1-2-19(16-7-10-28(23,24)13-16)17(21)12-27-18(22)14-5-3-6-15(11-14)20-8-4-9-29(20,25)26/h3,5-6,11,16H,2,4,7-10,12-13H2,1H3. The Bertz CT molecular complexity index is 1000. The first kappa shape index (κ1) is 21.6. The van der Waals surface area contributed by atoms with Crippen LogP contribution in [-0.2, 0) is 29.4 Å². The molecular weight excluding hydrogens is 420 g/mol. The number of amides is 1. The van der Waals surface area contributed by atoms with Crippen LogP contribution >= 0.6 is 0 Å². The summed E-state index contributed by atoms with van der Waals surface area (Å²) in [5.74, 6) is -1.16. The molecule has 2 saturated heterocycles. The number of ether oxygens (including phenoxy) is 1. The Balaban J connectivity index is 1.63. The zero-order valence-corrected chi connectivity index (χ0v) is 17.7. The first-order valence-corrected chi connectivity index (χ1v) is 12.8. The van der Waals surface area contributed by atoms with Crippen molar-refractivity contribution in [3.05, 3.63) is 29.8 Å². The molecule has 9 nitrogen and oxygen atoms in total. The second-order valence-corrected chi connectivity index (χ2v) is 11.3. The highest BCUT2D eigenvalue weighted by atomic mass is 32.2. The summed E-state index contributed by atoms with van der Waals surface area (Å²) >= 11 is 0. The van der Waals surface area contributed by atoms with Gasteiger partial charge in [0.2, 0.25) is 10.0 Å². The highest BCUT2D eigenvalue weighted by Gasteiger charge is 2.34. The summed E-state index contributed by atoms with van der Waals surface area (Å²) < 4.78 is 53.8. The number of anilines is 1. The third-order valence-electron chi connectivity index (χ3n) is 5.11. The third kappa shape index (κ3) is 4.89. The van der Waals surface area contributed by atoms with Gasteiger partial charge >= 0.3 is 5.97 Å². The smallest absolute Gasteiger partial charge is 0.338 e. The summed E-state index contributed by atoms with van der Waals surface area (Å²) in [5.41, 5.74) is 0.526. The second-order valence-electron chi connectivity index (χ2n) is 7.10. The zero-order chi connectivity index (χ0) is 21.2. The molecule has 0 aliphatic carbocycles. The van der Waals surface area contributed by atoms with Gasteiger partial charge in [0, 0.05) is 19.1 Å². The SMILES string of the molecule is CCN(C(=O)COC(=O)c1cccc(N2CCCS2(=O)=O)c1)C1CCS(=O)(=O)C1. The second kappa shape index (κ2) is 8.31. The van der Waals surface area contributed by atoms with Crippen molar-refractivity contribution < 1.29 is 31.2 Å². The van der Waals surface area contributed by atoms with Crippen molar-refractivity contribution in [2.45, 2.75) is 25.8 Å². The minimum atomic E-state index is -3.37. The van der Waals surface area contributed by atoms with E-state index in [9.17, 15) is 26.4 Å². The lowest BCUT2D eigenvalue weighted by Crippen LogP contribution is -2.43. The van der Waals surface area contributed by atoms with Crippen LogP contribution in [0.5, 0.6) is 0 Å². The van der Waals surface area contributed by atoms with Gasteiger partial charge in [-0.1, -0.05) is 6.07 Å². The number of likely N-dealkylation sites (N-methyl/N-ethyl adjacent to an activating group) is 1. The molecule has 1 unspecified atom stereocenters. The Morgan fingerprint density at radius 2 is 1.97 bits per heavy atom. The van der Waals surface area contributed by atoms with Crippen LogP contribution in [-0.4, -0.2) is 76.6 Å². The normalized spacial score (nSPS) is 22.4. The van der Waals surface area contributed by atoms with Crippen LogP contribution in [0, 0.1) is 0 Å². The minimum Gasteiger partial charge on any atom is -0.452 e. The summed E-state index contributed by atoms with van der Waals surface area (Å²) in [4.78, 5) is 26.2. The summed E-state index contributed by atoms with van der Waals surface area (Å²) in [6, 6.07) is 5.67. The summed E-state index contributed by atoms with van der Waals surface area (Å²) in [6.07, 6.45) is 0.900. The fourth-order valence-corrected chi connectivity index (χ4v) is 6.96. The molecule has 1 atom stereocenters. The van der Waals surface area contributed by atoms with Gasteiger partial charge in [-0.25, -0.2) is 21.6 Å². The van der Waals surface area contributed by atoms with E-state index in [1.165, 1.54) is 21.3 Å². The number of sulfone groups is 1. The maximum Gasteiger partial charge on any atom is 0.338 e. The Hall–Kier alpha value is -2.14. The van der Waals surface area contributed by atoms with Crippen LogP contribution in [0.4, 0.5) is 5.69 Å². The van der Waals surface area contributed by atoms with Crippen molar-refractivity contribution in [3.63, 3.8) is 0 Å². The van der Waals surface area contributed by atoms with Crippen LogP contribution in [0.3, 0.4) is 0 Å². The number of nitrogens with zero attached hydrogens (tertiary/aromatic N) is 2. The van der Waals surface area contributed by atoms with Crippen LogP contribution in [0.2, 0.25) is 0 Å². The first-order chi connectivity index (χ1) is 13.6. The number of hydrogen-bond donors (Lipinski definition) is 0. The lowest BCUT2D eigenvalue weighted by atomic mass is 10.2. The summed E-state index contributed by atoms with van der Waals surface area (Å²) in [7, 11) is -6.51. The summed E-state index contributed by atoms with van der Waals surface area (Å²) in [5, 5.41) is 0. The largest absolute Gasteiger partial charge is 0.452 e. The van der Waals surface area contributed by atoms with E-state index in [-0.39, 0.29) is 22.8 Å². The van der Waals surface area contributed by atoms with Gasteiger partial charge in [-0.2, -0.15) is 0 Å². The highest BCUT2D eigenvalue weighted by molar-refractivity contribution is 7.93. The van der Waals surface area contributed by atoms with E-state index in [0.717, 1.165) is 0 Å². The van der Waals surface area contributed by atoms with Crippen molar-refractivity contribution >= 4 is 37.4 Å². The van der Waals surface area contributed by atoms with E-state index in [2.05, 4.69) is 0 Å². The van der Waals surface area contributed by atoms with Crippen LogP contribution in [0.25, 0.3) is 0 Å². The fraction of sp³-hybridized carbons (Fsp3) is 0.556. The number of carbonyl (C=O) groups is 2. The predicted octanol–water partition coefficient (Wildman–Crippen LogP) is 0.419. The molecule has 1 aromatic carbocycles. The zero-order valence-electron chi connectivity index (χ0n) is 16.1. The van der Waals surface area contributed by atoms with Crippen molar-refractivity contribution in [1.29, 1.82) is 0 Å². The maximum absolute atomic E-state index is 12.4. The van der Waals surface area contributed by atoms with Crippen LogP contribution in [0.15, 0.2) is 24.3 Å². The van der Waals surface area contributed by atoms with E-state index in [1.807, 2.05) is 0 Å². The molecule has 0 bridgehead atoms. The lowest BCUT2D eigenvalue weighted by molar-refractivity contribution is -0.136. The molecule has 2 aliphatic rings. The molecule has 2 aliphatic heterocycles. The van der Waals surface area contributed by atoms with Gasteiger partial charge in [0.25, 0.3) is 5.91 Å². The molecule has 2 fully saturated rings. The molecule has 0 N–H and O–H groups in total. The van der Waals surface area contributed by atoms with Crippen molar-refractivity contribution in [2.75, 3.05) is 41.3 Å². The van der Waals surface area contributed by atoms with Crippen LogP contribution in [0.1, 0.15) is 30.1 Å². The first-order valence-electron chi connectivity index (χ1n) is 9.40. The summed E-state index contributed by atoms with van der Waals surface area (Å²) in [6.45, 7) is 1.91. The molecule has 0 aromatic heterocycles. The van der Waals surface area contributed by atoms with E-state index < -0.39 is 44.4 Å². The number of benzene rings is 1. The minimum absolute atomic E-state index is 0.0490. The van der Waals surface area contributed by atoms with Gasteiger partial charge in [-0.05, 0) is 38.0 Å². The number of esters is 1.